The van der Waals surface area contributed by atoms with E-state index in [1.807, 2.05) is 11.8 Å². The Labute approximate surface area is 71.8 Å². The van der Waals surface area contributed by atoms with Gasteiger partial charge in [0.05, 0.1) is 12.5 Å². The van der Waals surface area contributed by atoms with Crippen LogP contribution in [0.3, 0.4) is 0 Å². The number of aliphatic carboxylic acids is 1. The number of aliphatic hydroxyl groups is 1. The fourth-order valence-electron chi connectivity index (χ4n) is 1.78. The summed E-state index contributed by atoms with van der Waals surface area (Å²) in [5, 5.41) is 17.5. The van der Waals surface area contributed by atoms with Gasteiger partial charge in [-0.2, -0.15) is 0 Å². The molecule has 12 heavy (non-hydrogen) atoms. The Morgan fingerprint density at radius 2 is 2.33 bits per heavy atom. The Hall–Kier alpha value is -0.610. The maximum atomic E-state index is 10.7. The van der Waals surface area contributed by atoms with E-state index in [4.69, 9.17) is 10.2 Å². The third kappa shape index (κ3) is 1.76. The standard InChI is InChI=1S/C8H15NO3/c1-6-7(8(11)12)2-3-9(6)4-5-10/h6-7,10H,2-5H2,1H3,(H,11,12). The quantitative estimate of drug-likeness (QED) is 0.619. The highest BCUT2D eigenvalue weighted by Crippen LogP contribution is 2.23. The average Bonchev–Trinajstić information content (AvgIpc) is 2.34. The van der Waals surface area contributed by atoms with Crippen molar-refractivity contribution in [2.24, 2.45) is 5.92 Å². The number of carboxylic acids is 1. The summed E-state index contributed by atoms with van der Waals surface area (Å²) in [6.07, 6.45) is 0.705. The molecule has 2 atom stereocenters. The minimum atomic E-state index is -0.720. The lowest BCUT2D eigenvalue weighted by Gasteiger charge is -2.21. The molecule has 1 aliphatic rings. The van der Waals surface area contributed by atoms with Gasteiger partial charge in [-0.05, 0) is 19.9 Å². The van der Waals surface area contributed by atoms with Crippen molar-refractivity contribution in [3.63, 3.8) is 0 Å². The zero-order chi connectivity index (χ0) is 9.14. The first-order valence-corrected chi connectivity index (χ1v) is 4.24. The molecule has 2 N–H and O–H groups in total. The maximum absolute atomic E-state index is 10.7. The van der Waals surface area contributed by atoms with E-state index in [9.17, 15) is 4.79 Å². The number of hydrogen-bond acceptors (Lipinski definition) is 3. The van der Waals surface area contributed by atoms with E-state index in [2.05, 4.69) is 0 Å². The first-order chi connectivity index (χ1) is 5.66. The maximum Gasteiger partial charge on any atom is 0.308 e. The van der Waals surface area contributed by atoms with Gasteiger partial charge in [0.2, 0.25) is 0 Å². The average molecular weight is 173 g/mol. The first kappa shape index (κ1) is 9.48. The monoisotopic (exact) mass is 173 g/mol. The Morgan fingerprint density at radius 1 is 1.67 bits per heavy atom. The van der Waals surface area contributed by atoms with Crippen LogP contribution in [-0.2, 0) is 4.79 Å². The molecular weight excluding hydrogens is 158 g/mol. The summed E-state index contributed by atoms with van der Waals surface area (Å²) in [6, 6.07) is 0.0645. The van der Waals surface area contributed by atoms with Crippen molar-refractivity contribution >= 4 is 5.97 Å². The second kappa shape index (κ2) is 3.87. The molecule has 1 aliphatic heterocycles. The number of rotatable bonds is 3. The lowest BCUT2D eigenvalue weighted by atomic mass is 10.0. The third-order valence-electron chi connectivity index (χ3n) is 2.59. The van der Waals surface area contributed by atoms with E-state index in [1.54, 1.807) is 0 Å². The van der Waals surface area contributed by atoms with Crippen molar-refractivity contribution < 1.29 is 15.0 Å². The fourth-order valence-corrected chi connectivity index (χ4v) is 1.78. The van der Waals surface area contributed by atoms with Gasteiger partial charge in [-0.25, -0.2) is 0 Å². The van der Waals surface area contributed by atoms with E-state index in [0.29, 0.717) is 13.0 Å². The SMILES string of the molecule is CC1C(C(=O)O)CCN1CCO. The molecule has 0 amide bonds. The van der Waals surface area contributed by atoms with E-state index >= 15 is 0 Å². The number of carbonyl (C=O) groups is 1. The van der Waals surface area contributed by atoms with Crippen molar-refractivity contribution in [3.05, 3.63) is 0 Å². The van der Waals surface area contributed by atoms with Gasteiger partial charge in [-0.3, -0.25) is 9.69 Å². The molecule has 70 valence electrons. The van der Waals surface area contributed by atoms with Gasteiger partial charge < -0.3 is 10.2 Å². The van der Waals surface area contributed by atoms with Crippen LogP contribution in [0.2, 0.25) is 0 Å². The van der Waals surface area contributed by atoms with Gasteiger partial charge in [0.15, 0.2) is 0 Å². The van der Waals surface area contributed by atoms with Crippen LogP contribution in [0.15, 0.2) is 0 Å². The molecule has 4 heteroatoms. The van der Waals surface area contributed by atoms with Crippen LogP contribution in [-0.4, -0.2) is 46.8 Å². The number of carboxylic acid groups (broad SMARTS) is 1. The summed E-state index contributed by atoms with van der Waals surface area (Å²) in [6.45, 7) is 3.39. The van der Waals surface area contributed by atoms with Crippen molar-refractivity contribution in [1.29, 1.82) is 0 Å². The largest absolute Gasteiger partial charge is 0.481 e. The second-order valence-corrected chi connectivity index (χ2v) is 3.23. The summed E-state index contributed by atoms with van der Waals surface area (Å²) in [4.78, 5) is 12.7. The highest BCUT2D eigenvalue weighted by molar-refractivity contribution is 5.71. The first-order valence-electron chi connectivity index (χ1n) is 4.24. The molecule has 4 nitrogen and oxygen atoms in total. The van der Waals surface area contributed by atoms with Gasteiger partial charge in [-0.15, -0.1) is 0 Å². The van der Waals surface area contributed by atoms with Gasteiger partial charge in [0, 0.05) is 12.6 Å². The summed E-state index contributed by atoms with van der Waals surface area (Å²) < 4.78 is 0. The summed E-state index contributed by atoms with van der Waals surface area (Å²) in [5.41, 5.74) is 0. The molecule has 0 saturated carbocycles. The lowest BCUT2D eigenvalue weighted by Crippen LogP contribution is -2.34. The predicted molar refractivity (Wildman–Crippen MR) is 43.9 cm³/mol. The minimum absolute atomic E-state index is 0.0645. The molecule has 0 radical (unpaired) electrons. The zero-order valence-corrected chi connectivity index (χ0v) is 7.23. The van der Waals surface area contributed by atoms with E-state index < -0.39 is 5.97 Å². The molecule has 1 heterocycles. The van der Waals surface area contributed by atoms with E-state index in [1.165, 1.54) is 0 Å². The molecule has 0 aromatic carbocycles. The smallest absolute Gasteiger partial charge is 0.308 e. The predicted octanol–water partition coefficient (Wildman–Crippen LogP) is -0.226. The molecular formula is C8H15NO3. The lowest BCUT2D eigenvalue weighted by molar-refractivity contribution is -0.142. The summed E-state index contributed by atoms with van der Waals surface area (Å²) in [5.74, 6) is -0.973. The van der Waals surface area contributed by atoms with E-state index in [0.717, 1.165) is 6.54 Å². The number of likely N-dealkylation sites (tertiary alicyclic amines) is 1. The highest BCUT2D eigenvalue weighted by Gasteiger charge is 2.34. The topological polar surface area (TPSA) is 60.8 Å². The van der Waals surface area contributed by atoms with Crippen LogP contribution in [0, 0.1) is 5.92 Å². The van der Waals surface area contributed by atoms with Gasteiger partial charge >= 0.3 is 5.97 Å². The van der Waals surface area contributed by atoms with Crippen LogP contribution in [0.5, 0.6) is 0 Å². The Bertz CT molecular complexity index is 172. The number of hydrogen-bond donors (Lipinski definition) is 2. The molecule has 0 aromatic heterocycles. The molecule has 0 spiro atoms. The second-order valence-electron chi connectivity index (χ2n) is 3.23. The van der Waals surface area contributed by atoms with Crippen molar-refractivity contribution in [3.8, 4) is 0 Å². The van der Waals surface area contributed by atoms with E-state index in [-0.39, 0.29) is 18.6 Å². The number of nitrogens with zero attached hydrogens (tertiary/aromatic N) is 1. The molecule has 0 aliphatic carbocycles. The molecule has 1 rings (SSSR count). The summed E-state index contributed by atoms with van der Waals surface area (Å²) >= 11 is 0. The van der Waals surface area contributed by atoms with Gasteiger partial charge in [-0.1, -0.05) is 0 Å². The highest BCUT2D eigenvalue weighted by atomic mass is 16.4. The van der Waals surface area contributed by atoms with Crippen molar-refractivity contribution in [2.45, 2.75) is 19.4 Å². The number of β-amino-alcohol motifs (C(OH)–C–C–N with tert-alkyl or cyclic N) is 1. The minimum Gasteiger partial charge on any atom is -0.481 e. The molecule has 0 bridgehead atoms. The van der Waals surface area contributed by atoms with Crippen molar-refractivity contribution in [2.75, 3.05) is 19.7 Å². The van der Waals surface area contributed by atoms with Crippen molar-refractivity contribution in [1.82, 2.24) is 4.90 Å². The number of aliphatic hydroxyl groups excluding tert-OH is 1. The Kier molecular flexibility index (Phi) is 3.05. The molecule has 1 fully saturated rings. The van der Waals surface area contributed by atoms with Crippen LogP contribution in [0.1, 0.15) is 13.3 Å². The van der Waals surface area contributed by atoms with Crippen LogP contribution < -0.4 is 0 Å². The Morgan fingerprint density at radius 3 is 2.75 bits per heavy atom. The normalized spacial score (nSPS) is 30.8. The molecule has 1 saturated heterocycles. The third-order valence-corrected chi connectivity index (χ3v) is 2.59. The van der Waals surface area contributed by atoms with Crippen LogP contribution >= 0.6 is 0 Å². The summed E-state index contributed by atoms with van der Waals surface area (Å²) in [7, 11) is 0. The van der Waals surface area contributed by atoms with Crippen LogP contribution in [0.25, 0.3) is 0 Å². The molecule has 2 unspecified atom stereocenters. The Balaban J connectivity index is 2.48. The van der Waals surface area contributed by atoms with Gasteiger partial charge in [0.1, 0.15) is 0 Å². The zero-order valence-electron chi connectivity index (χ0n) is 7.23. The van der Waals surface area contributed by atoms with Gasteiger partial charge in [0.25, 0.3) is 0 Å². The fraction of sp³-hybridized carbons (Fsp3) is 0.875. The van der Waals surface area contributed by atoms with Crippen LogP contribution in [0.4, 0.5) is 0 Å². The molecule has 0 aromatic rings.